The van der Waals surface area contributed by atoms with E-state index in [1.54, 1.807) is 23.9 Å². The van der Waals surface area contributed by atoms with Crippen molar-refractivity contribution >= 4 is 11.8 Å². The zero-order valence-corrected chi connectivity index (χ0v) is 20.3. The Morgan fingerprint density at radius 3 is 2.78 bits per heavy atom. The van der Waals surface area contributed by atoms with Gasteiger partial charge in [-0.25, -0.2) is 0 Å². The summed E-state index contributed by atoms with van der Waals surface area (Å²) < 4.78 is 13.3. The van der Waals surface area contributed by atoms with Gasteiger partial charge in [-0.05, 0) is 49.1 Å². The second kappa shape index (κ2) is 9.29. The molecule has 4 aliphatic rings. The Morgan fingerprint density at radius 1 is 1.00 bits per heavy atom. The summed E-state index contributed by atoms with van der Waals surface area (Å²) in [6.07, 6.45) is 4.48. The number of ether oxygens (including phenoxy) is 2. The maximum absolute atomic E-state index is 13.8. The summed E-state index contributed by atoms with van der Waals surface area (Å²) in [6.45, 7) is 2.83. The van der Waals surface area contributed by atoms with Crippen molar-refractivity contribution in [3.8, 4) is 22.8 Å². The van der Waals surface area contributed by atoms with E-state index < -0.39 is 0 Å². The van der Waals surface area contributed by atoms with E-state index in [0.29, 0.717) is 61.8 Å². The molecule has 0 radical (unpaired) electrons. The van der Waals surface area contributed by atoms with Crippen molar-refractivity contribution in [1.29, 1.82) is 0 Å². The topological polar surface area (TPSA) is 89.8 Å². The maximum Gasteiger partial charge on any atom is 0.257 e. The quantitative estimate of drug-likeness (QED) is 0.524. The molecule has 1 aromatic heterocycles. The van der Waals surface area contributed by atoms with Gasteiger partial charge in [0.25, 0.3) is 11.8 Å². The summed E-state index contributed by atoms with van der Waals surface area (Å²) in [5.74, 6) is 1.30. The number of aryl methyl sites for hydroxylation is 1. The smallest absolute Gasteiger partial charge is 0.257 e. The first kappa shape index (κ1) is 22.6. The summed E-state index contributed by atoms with van der Waals surface area (Å²) in [7, 11) is 1.59. The van der Waals surface area contributed by atoms with E-state index >= 15 is 0 Å². The first-order valence-electron chi connectivity index (χ1n) is 12.5. The molecule has 36 heavy (non-hydrogen) atoms. The average Bonchev–Trinajstić information content (AvgIpc) is 3.19. The van der Waals surface area contributed by atoms with E-state index in [1.165, 1.54) is 0 Å². The molecule has 0 unspecified atom stereocenters. The van der Waals surface area contributed by atoms with Crippen LogP contribution in [0.5, 0.6) is 11.5 Å². The van der Waals surface area contributed by atoms with E-state index in [-0.39, 0.29) is 23.8 Å². The number of methoxy groups -OCH3 is 1. The Kier molecular flexibility index (Phi) is 5.83. The molecule has 2 amide bonds. The van der Waals surface area contributed by atoms with E-state index in [4.69, 9.17) is 9.47 Å². The van der Waals surface area contributed by atoms with Gasteiger partial charge in [0.05, 0.1) is 25.5 Å². The molecule has 0 spiro atoms. The van der Waals surface area contributed by atoms with Gasteiger partial charge in [-0.3, -0.25) is 14.3 Å². The Hall–Kier alpha value is -3.88. The van der Waals surface area contributed by atoms with Crippen LogP contribution in [-0.2, 0) is 6.54 Å². The van der Waals surface area contributed by atoms with Crippen molar-refractivity contribution in [3.63, 3.8) is 0 Å². The van der Waals surface area contributed by atoms with Crippen LogP contribution in [0, 0.1) is 5.92 Å². The number of hydrogen-bond acceptors (Lipinski definition) is 6. The Morgan fingerprint density at radius 2 is 1.89 bits per heavy atom. The third-order valence-electron chi connectivity index (χ3n) is 7.41. The number of aromatic nitrogens is 3. The summed E-state index contributed by atoms with van der Waals surface area (Å²) in [6, 6.07) is 12.9. The third-order valence-corrected chi connectivity index (χ3v) is 7.41. The predicted octanol–water partition coefficient (Wildman–Crippen LogP) is 3.11. The van der Waals surface area contributed by atoms with Crippen molar-refractivity contribution < 1.29 is 19.1 Å². The molecule has 5 heterocycles. The molecule has 4 aliphatic heterocycles. The second-order valence-corrected chi connectivity index (χ2v) is 9.78. The highest BCUT2D eigenvalue weighted by Crippen LogP contribution is 2.33. The molecule has 0 aliphatic carbocycles. The molecular formula is C27H29N5O4. The fourth-order valence-corrected chi connectivity index (χ4v) is 5.52. The lowest BCUT2D eigenvalue weighted by molar-refractivity contribution is 0.0574. The number of amides is 2. The van der Waals surface area contributed by atoms with Crippen LogP contribution in [0.3, 0.4) is 0 Å². The number of carbonyl (C=O) groups is 2. The van der Waals surface area contributed by atoms with Crippen molar-refractivity contribution in [2.45, 2.75) is 31.8 Å². The molecule has 3 saturated heterocycles. The lowest BCUT2D eigenvalue weighted by Gasteiger charge is -2.36. The number of fused-ring (bicyclic) bond motifs is 7. The lowest BCUT2D eigenvalue weighted by Crippen LogP contribution is -2.47. The maximum atomic E-state index is 13.8. The van der Waals surface area contributed by atoms with Gasteiger partial charge in [-0.15, -0.1) is 5.10 Å². The number of hydrogen-bond donors (Lipinski definition) is 0. The summed E-state index contributed by atoms with van der Waals surface area (Å²) in [5.41, 5.74) is 2.73. The van der Waals surface area contributed by atoms with E-state index in [9.17, 15) is 9.59 Å². The lowest BCUT2D eigenvalue weighted by atomic mass is 9.94. The molecule has 2 atom stereocenters. The predicted molar refractivity (Wildman–Crippen MR) is 132 cm³/mol. The van der Waals surface area contributed by atoms with Crippen LogP contribution in [0.15, 0.2) is 48.7 Å². The molecule has 9 nitrogen and oxygen atoms in total. The minimum atomic E-state index is -0.0841. The van der Waals surface area contributed by atoms with Crippen LogP contribution in [0.4, 0.5) is 0 Å². The van der Waals surface area contributed by atoms with Gasteiger partial charge in [0.15, 0.2) is 0 Å². The highest BCUT2D eigenvalue weighted by Gasteiger charge is 2.39. The molecule has 7 rings (SSSR count). The minimum Gasteiger partial charge on any atom is -0.497 e. The zero-order valence-electron chi connectivity index (χ0n) is 20.3. The largest absolute Gasteiger partial charge is 0.497 e. The van der Waals surface area contributed by atoms with Gasteiger partial charge in [-0.1, -0.05) is 17.3 Å². The highest BCUT2D eigenvalue weighted by atomic mass is 16.5. The molecule has 9 heteroatoms. The highest BCUT2D eigenvalue weighted by molar-refractivity contribution is 5.98. The van der Waals surface area contributed by atoms with Crippen LogP contribution in [0.1, 0.15) is 40.0 Å². The normalized spacial score (nSPS) is 21.9. The van der Waals surface area contributed by atoms with Gasteiger partial charge in [0, 0.05) is 49.8 Å². The zero-order chi connectivity index (χ0) is 24.6. The molecule has 8 bridgehead atoms. The first-order valence-corrected chi connectivity index (χ1v) is 12.5. The summed E-state index contributed by atoms with van der Waals surface area (Å²) in [4.78, 5) is 31.3. The van der Waals surface area contributed by atoms with Gasteiger partial charge in [0.2, 0.25) is 0 Å². The molecule has 3 fully saturated rings. The third kappa shape index (κ3) is 4.19. The average molecular weight is 488 g/mol. The fraction of sp³-hybridized carbons (Fsp3) is 0.407. The van der Waals surface area contributed by atoms with Crippen LogP contribution < -0.4 is 9.47 Å². The second-order valence-electron chi connectivity index (χ2n) is 9.78. The standard InChI is InChI=1S/C27H29N5O4/c1-35-22-8-9-25-23(13-22)27(34)30-14-18-6-7-21(16-30)32(15-18)26(33)20-5-2-4-19(12-20)24-17-31(29-28-24)10-3-11-36-25/h2,4-5,8-9,12-13,17-18,21H,3,6-7,10-11,14-16H2,1H3/t18-,21+/m1/s1. The summed E-state index contributed by atoms with van der Waals surface area (Å²) in [5, 5.41) is 8.57. The van der Waals surface area contributed by atoms with E-state index in [1.807, 2.05) is 46.3 Å². The number of carbonyl (C=O) groups excluding carboxylic acids is 2. The Bertz CT molecular complexity index is 1300. The van der Waals surface area contributed by atoms with Crippen molar-refractivity contribution in [2.24, 2.45) is 5.92 Å². The number of nitrogens with zero attached hydrogens (tertiary/aromatic N) is 5. The van der Waals surface area contributed by atoms with Gasteiger partial charge in [-0.2, -0.15) is 0 Å². The Balaban J connectivity index is 1.40. The molecule has 0 saturated carbocycles. The molecule has 0 N–H and O–H groups in total. The molecule has 3 aromatic rings. The molecule has 2 aromatic carbocycles. The van der Waals surface area contributed by atoms with E-state index in [2.05, 4.69) is 10.3 Å². The monoisotopic (exact) mass is 487 g/mol. The van der Waals surface area contributed by atoms with Crippen LogP contribution >= 0.6 is 0 Å². The van der Waals surface area contributed by atoms with Crippen LogP contribution in [0.25, 0.3) is 11.3 Å². The Labute approximate surface area is 209 Å². The van der Waals surface area contributed by atoms with Crippen LogP contribution in [0.2, 0.25) is 0 Å². The van der Waals surface area contributed by atoms with Gasteiger partial charge < -0.3 is 19.3 Å². The van der Waals surface area contributed by atoms with Crippen molar-refractivity contribution in [1.82, 2.24) is 24.8 Å². The van der Waals surface area contributed by atoms with Crippen LogP contribution in [-0.4, -0.2) is 76.0 Å². The SMILES string of the molecule is COc1ccc2c(c1)C(=O)N1C[C@H]3CC[C@@H](C1)N(C3)C(=O)c1cccc(c1)-c1cn(nn1)CCCO2. The van der Waals surface area contributed by atoms with E-state index in [0.717, 1.165) is 24.1 Å². The minimum absolute atomic E-state index is 0.000222. The van der Waals surface area contributed by atoms with Crippen molar-refractivity contribution in [3.05, 3.63) is 59.8 Å². The number of rotatable bonds is 1. The fourth-order valence-electron chi connectivity index (χ4n) is 5.52. The van der Waals surface area contributed by atoms with Gasteiger partial charge >= 0.3 is 0 Å². The number of piperidine rings is 1. The summed E-state index contributed by atoms with van der Waals surface area (Å²) >= 11 is 0. The molecule has 186 valence electrons. The number of benzene rings is 2. The van der Waals surface area contributed by atoms with Crippen molar-refractivity contribution in [2.75, 3.05) is 33.4 Å². The molecular weight excluding hydrogens is 458 g/mol. The van der Waals surface area contributed by atoms with Gasteiger partial charge in [0.1, 0.15) is 17.2 Å². The first-order chi connectivity index (χ1) is 17.6.